The van der Waals surface area contributed by atoms with E-state index in [4.69, 9.17) is 14.2 Å². The monoisotopic (exact) mass is 363 g/mol. The van der Waals surface area contributed by atoms with Gasteiger partial charge in [0.25, 0.3) is 5.91 Å². The summed E-state index contributed by atoms with van der Waals surface area (Å²) in [6, 6.07) is 8.71. The molecule has 1 aromatic carbocycles. The zero-order valence-electron chi connectivity index (χ0n) is 14.2. The first kappa shape index (κ1) is 18.8. The van der Waals surface area contributed by atoms with Crippen LogP contribution in [0.2, 0.25) is 0 Å². The summed E-state index contributed by atoms with van der Waals surface area (Å²) in [6.45, 7) is 2.47. The Bertz CT molecular complexity index is 699. The Balaban J connectivity index is 1.80. The lowest BCUT2D eigenvalue weighted by molar-refractivity contribution is -0.124. The van der Waals surface area contributed by atoms with E-state index in [2.05, 4.69) is 5.32 Å². The van der Waals surface area contributed by atoms with Crippen LogP contribution in [0.5, 0.6) is 11.5 Å². The van der Waals surface area contributed by atoms with Crippen molar-refractivity contribution in [2.24, 2.45) is 0 Å². The van der Waals surface area contributed by atoms with E-state index in [0.29, 0.717) is 30.2 Å². The number of methoxy groups -OCH3 is 1. The summed E-state index contributed by atoms with van der Waals surface area (Å²) in [6.07, 6.45) is 0.757. The molecule has 7 heteroatoms. The van der Waals surface area contributed by atoms with Crippen molar-refractivity contribution in [1.82, 2.24) is 5.32 Å². The molecule has 0 fully saturated rings. The van der Waals surface area contributed by atoms with Crippen LogP contribution in [0.3, 0.4) is 0 Å². The van der Waals surface area contributed by atoms with E-state index in [9.17, 15) is 9.59 Å². The van der Waals surface area contributed by atoms with Crippen molar-refractivity contribution >= 4 is 23.2 Å². The Labute approximate surface area is 150 Å². The largest absolute Gasteiger partial charge is 0.493 e. The predicted octanol–water partition coefficient (Wildman–Crippen LogP) is 2.67. The molecule has 1 aromatic heterocycles. The zero-order chi connectivity index (χ0) is 18.1. The van der Waals surface area contributed by atoms with E-state index >= 15 is 0 Å². The molecule has 0 bridgehead atoms. The Morgan fingerprint density at radius 3 is 2.72 bits per heavy atom. The maximum Gasteiger partial charge on any atom is 0.338 e. The first-order chi connectivity index (χ1) is 12.1. The van der Waals surface area contributed by atoms with Crippen LogP contribution >= 0.6 is 11.3 Å². The Morgan fingerprint density at radius 2 is 2.04 bits per heavy atom. The van der Waals surface area contributed by atoms with Crippen LogP contribution < -0.4 is 14.8 Å². The lowest BCUT2D eigenvalue weighted by Gasteiger charge is -2.11. The number of carbonyl (C=O) groups is 2. The summed E-state index contributed by atoms with van der Waals surface area (Å²) in [4.78, 5) is 25.0. The first-order valence-electron chi connectivity index (χ1n) is 7.91. The fraction of sp³-hybridized carbons (Fsp3) is 0.333. The van der Waals surface area contributed by atoms with Gasteiger partial charge >= 0.3 is 5.97 Å². The second-order valence-corrected chi connectivity index (χ2v) is 6.09. The topological polar surface area (TPSA) is 73.9 Å². The molecule has 134 valence electrons. The Kier molecular flexibility index (Phi) is 7.28. The van der Waals surface area contributed by atoms with Crippen molar-refractivity contribution in [1.29, 1.82) is 0 Å². The maximum atomic E-state index is 12.1. The highest BCUT2D eigenvalue weighted by Gasteiger charge is 2.13. The summed E-state index contributed by atoms with van der Waals surface area (Å²) in [5, 5.41) is 4.71. The van der Waals surface area contributed by atoms with Gasteiger partial charge in [0.05, 0.1) is 19.3 Å². The molecule has 1 heterocycles. The van der Waals surface area contributed by atoms with Gasteiger partial charge in [0.1, 0.15) is 0 Å². The van der Waals surface area contributed by atoms with E-state index in [1.54, 1.807) is 29.5 Å². The van der Waals surface area contributed by atoms with E-state index in [-0.39, 0.29) is 12.5 Å². The minimum Gasteiger partial charge on any atom is -0.493 e. The molecular weight excluding hydrogens is 342 g/mol. The summed E-state index contributed by atoms with van der Waals surface area (Å²) >= 11 is 1.64. The van der Waals surface area contributed by atoms with Gasteiger partial charge in [-0.3, -0.25) is 4.79 Å². The summed E-state index contributed by atoms with van der Waals surface area (Å²) in [5.41, 5.74) is 0.302. The third-order valence-corrected chi connectivity index (χ3v) is 4.24. The average Bonchev–Trinajstić information content (AvgIpc) is 3.13. The number of amides is 1. The van der Waals surface area contributed by atoms with Gasteiger partial charge in [-0.15, -0.1) is 11.3 Å². The number of hydrogen-bond acceptors (Lipinski definition) is 6. The van der Waals surface area contributed by atoms with Crippen LogP contribution in [-0.4, -0.2) is 38.7 Å². The molecule has 0 aliphatic carbocycles. The van der Waals surface area contributed by atoms with Crippen LogP contribution in [0, 0.1) is 0 Å². The summed E-state index contributed by atoms with van der Waals surface area (Å²) in [5.74, 6) is 0.0741. The minimum absolute atomic E-state index is 0.302. The number of benzene rings is 1. The van der Waals surface area contributed by atoms with Crippen molar-refractivity contribution in [3.05, 3.63) is 46.2 Å². The van der Waals surface area contributed by atoms with Gasteiger partial charge in [0.2, 0.25) is 0 Å². The molecule has 25 heavy (non-hydrogen) atoms. The van der Waals surface area contributed by atoms with Gasteiger partial charge in [-0.2, -0.15) is 0 Å². The van der Waals surface area contributed by atoms with Gasteiger partial charge in [-0.25, -0.2) is 4.79 Å². The molecule has 0 spiro atoms. The molecule has 0 unspecified atom stereocenters. The Morgan fingerprint density at radius 1 is 1.20 bits per heavy atom. The molecule has 2 rings (SSSR count). The summed E-state index contributed by atoms with van der Waals surface area (Å²) < 4.78 is 15.6. The number of ether oxygens (including phenoxy) is 3. The fourth-order valence-corrected chi connectivity index (χ4v) is 2.83. The number of nitrogens with one attached hydrogen (secondary N) is 1. The van der Waals surface area contributed by atoms with Crippen LogP contribution in [-0.2, 0) is 16.0 Å². The van der Waals surface area contributed by atoms with Crippen molar-refractivity contribution in [2.75, 3.05) is 26.9 Å². The number of thiophene rings is 1. The third kappa shape index (κ3) is 5.79. The molecule has 1 amide bonds. The molecule has 0 aliphatic rings. The molecule has 0 saturated heterocycles. The lowest BCUT2D eigenvalue weighted by Crippen LogP contribution is -2.30. The van der Waals surface area contributed by atoms with E-state index in [1.165, 1.54) is 12.0 Å². The van der Waals surface area contributed by atoms with E-state index in [0.717, 1.165) is 6.42 Å². The van der Waals surface area contributed by atoms with Crippen LogP contribution in [0.4, 0.5) is 0 Å². The third-order valence-electron chi connectivity index (χ3n) is 3.31. The molecule has 6 nitrogen and oxygen atoms in total. The number of esters is 1. The van der Waals surface area contributed by atoms with Crippen molar-refractivity contribution in [3.8, 4) is 11.5 Å². The predicted molar refractivity (Wildman–Crippen MR) is 95.5 cm³/mol. The standard InChI is InChI=1S/C18H21NO5S/c1-3-23-16-11-13(6-7-15(16)22-2)18(21)24-12-17(20)19-9-8-14-5-4-10-25-14/h4-7,10-11H,3,8-9,12H2,1-2H3,(H,19,20). The minimum atomic E-state index is -0.586. The highest BCUT2D eigenvalue weighted by Crippen LogP contribution is 2.28. The molecule has 0 aliphatic heterocycles. The number of carbonyl (C=O) groups excluding carboxylic acids is 2. The van der Waals surface area contributed by atoms with Gasteiger partial charge in [-0.05, 0) is 43.0 Å². The van der Waals surface area contributed by atoms with Gasteiger partial charge in [0.15, 0.2) is 18.1 Å². The van der Waals surface area contributed by atoms with Crippen LogP contribution in [0.1, 0.15) is 22.2 Å². The van der Waals surface area contributed by atoms with Crippen LogP contribution in [0.25, 0.3) is 0 Å². The second kappa shape index (κ2) is 9.68. The zero-order valence-corrected chi connectivity index (χ0v) is 15.1. The molecule has 2 aromatic rings. The first-order valence-corrected chi connectivity index (χ1v) is 8.79. The fourth-order valence-electron chi connectivity index (χ4n) is 2.12. The Hall–Kier alpha value is -2.54. The number of rotatable bonds is 9. The SMILES string of the molecule is CCOc1cc(C(=O)OCC(=O)NCCc2cccs2)ccc1OC. The van der Waals surface area contributed by atoms with Gasteiger partial charge in [-0.1, -0.05) is 6.07 Å². The highest BCUT2D eigenvalue weighted by atomic mass is 32.1. The second-order valence-electron chi connectivity index (χ2n) is 5.05. The molecular formula is C18H21NO5S. The molecule has 1 N–H and O–H groups in total. The van der Waals surface area contributed by atoms with E-state index < -0.39 is 5.97 Å². The average molecular weight is 363 g/mol. The van der Waals surface area contributed by atoms with Gasteiger partial charge in [0, 0.05) is 11.4 Å². The van der Waals surface area contributed by atoms with Gasteiger partial charge < -0.3 is 19.5 Å². The van der Waals surface area contributed by atoms with E-state index in [1.807, 2.05) is 24.4 Å². The van der Waals surface area contributed by atoms with Crippen molar-refractivity contribution < 1.29 is 23.8 Å². The molecule has 0 saturated carbocycles. The van der Waals surface area contributed by atoms with Crippen molar-refractivity contribution in [3.63, 3.8) is 0 Å². The van der Waals surface area contributed by atoms with Crippen LogP contribution in [0.15, 0.2) is 35.7 Å². The maximum absolute atomic E-state index is 12.1. The molecule has 0 atom stereocenters. The molecule has 0 radical (unpaired) electrons. The normalized spacial score (nSPS) is 10.2. The lowest BCUT2D eigenvalue weighted by atomic mass is 10.2. The summed E-state index contributed by atoms with van der Waals surface area (Å²) in [7, 11) is 1.52. The number of hydrogen-bond donors (Lipinski definition) is 1. The van der Waals surface area contributed by atoms with Crippen molar-refractivity contribution in [2.45, 2.75) is 13.3 Å². The quantitative estimate of drug-likeness (QED) is 0.694. The highest BCUT2D eigenvalue weighted by molar-refractivity contribution is 7.09. The smallest absolute Gasteiger partial charge is 0.338 e.